The third kappa shape index (κ3) is 7.79. The molecule has 0 saturated heterocycles. The van der Waals surface area contributed by atoms with E-state index in [1.165, 1.54) is 25.7 Å². The van der Waals surface area contributed by atoms with Crippen LogP contribution in [0.15, 0.2) is 48.5 Å². The molecule has 0 aliphatic carbocycles. The quantitative estimate of drug-likeness (QED) is 0.444. The van der Waals surface area contributed by atoms with E-state index in [2.05, 4.69) is 17.6 Å². The predicted octanol–water partition coefficient (Wildman–Crippen LogP) is 5.47. The molecule has 0 aliphatic heterocycles. The second-order valence-electron chi connectivity index (χ2n) is 6.57. The number of ether oxygens (including phenoxy) is 1. The van der Waals surface area contributed by atoms with Gasteiger partial charge in [0.15, 0.2) is 5.11 Å². The number of carbonyl (C=O) groups is 1. The fourth-order valence-electron chi connectivity index (χ4n) is 2.68. The van der Waals surface area contributed by atoms with E-state index in [9.17, 15) is 4.79 Å². The molecule has 2 aromatic carbocycles. The van der Waals surface area contributed by atoms with Crippen molar-refractivity contribution in [3.8, 4) is 5.75 Å². The van der Waals surface area contributed by atoms with Gasteiger partial charge in [0.1, 0.15) is 5.75 Å². The summed E-state index contributed by atoms with van der Waals surface area (Å²) in [5, 5.41) is 6.00. The van der Waals surface area contributed by atoms with Gasteiger partial charge in [0.25, 0.3) is 5.91 Å². The third-order valence-corrected chi connectivity index (χ3v) is 4.32. The lowest BCUT2D eigenvalue weighted by Crippen LogP contribution is -2.34. The smallest absolute Gasteiger partial charge is 0.257 e. The number of thiocarbonyl (C=S) groups is 1. The van der Waals surface area contributed by atoms with E-state index in [1.54, 1.807) is 6.07 Å². The van der Waals surface area contributed by atoms with Gasteiger partial charge in [0.05, 0.1) is 6.61 Å². The van der Waals surface area contributed by atoms with Crippen LogP contribution >= 0.6 is 12.2 Å². The summed E-state index contributed by atoms with van der Waals surface area (Å²) in [6.07, 6.45) is 6.04. The summed E-state index contributed by atoms with van der Waals surface area (Å²) < 4.78 is 5.80. The summed E-state index contributed by atoms with van der Waals surface area (Å²) >= 11 is 5.25. The van der Waals surface area contributed by atoms with Gasteiger partial charge in [-0.3, -0.25) is 10.1 Å². The van der Waals surface area contributed by atoms with Crippen molar-refractivity contribution in [1.29, 1.82) is 0 Å². The minimum Gasteiger partial charge on any atom is -0.494 e. The maximum absolute atomic E-state index is 12.3. The Bertz CT molecular complexity index is 761. The molecule has 2 rings (SSSR count). The van der Waals surface area contributed by atoms with Gasteiger partial charge in [-0.1, -0.05) is 56.4 Å². The topological polar surface area (TPSA) is 50.4 Å². The number of nitrogens with one attached hydrogen (secondary N) is 2. The molecule has 144 valence electrons. The number of rotatable bonds is 9. The molecule has 0 atom stereocenters. The summed E-state index contributed by atoms with van der Waals surface area (Å²) in [6.45, 7) is 4.87. The average molecular weight is 385 g/mol. The molecule has 27 heavy (non-hydrogen) atoms. The summed E-state index contributed by atoms with van der Waals surface area (Å²) in [4.78, 5) is 12.3. The second-order valence-corrected chi connectivity index (χ2v) is 6.98. The van der Waals surface area contributed by atoms with Crippen molar-refractivity contribution in [1.82, 2.24) is 5.32 Å². The number of hydrogen-bond donors (Lipinski definition) is 2. The normalized spacial score (nSPS) is 10.3. The fraction of sp³-hybridized carbons (Fsp3) is 0.364. The van der Waals surface area contributed by atoms with Crippen LogP contribution in [0.3, 0.4) is 0 Å². The van der Waals surface area contributed by atoms with E-state index in [4.69, 9.17) is 17.0 Å². The maximum Gasteiger partial charge on any atom is 0.257 e. The molecule has 0 aromatic heterocycles. The monoisotopic (exact) mass is 384 g/mol. The molecule has 0 radical (unpaired) electrons. The molecule has 5 heteroatoms. The van der Waals surface area contributed by atoms with Crippen LogP contribution in [-0.4, -0.2) is 17.6 Å². The van der Waals surface area contributed by atoms with Crippen molar-refractivity contribution in [2.24, 2.45) is 0 Å². The molecule has 2 aromatic rings. The Morgan fingerprint density at radius 1 is 1.04 bits per heavy atom. The van der Waals surface area contributed by atoms with Crippen molar-refractivity contribution in [2.45, 2.75) is 46.0 Å². The second kappa shape index (κ2) is 11.3. The zero-order valence-electron chi connectivity index (χ0n) is 16.1. The van der Waals surface area contributed by atoms with Crippen LogP contribution in [0.2, 0.25) is 0 Å². The predicted molar refractivity (Wildman–Crippen MR) is 116 cm³/mol. The summed E-state index contributed by atoms with van der Waals surface area (Å²) in [6, 6.07) is 15.0. The Kier molecular flexibility index (Phi) is 8.78. The molecule has 0 aliphatic rings. The van der Waals surface area contributed by atoms with Crippen molar-refractivity contribution >= 4 is 28.9 Å². The summed E-state index contributed by atoms with van der Waals surface area (Å²) in [5.74, 6) is 0.569. The van der Waals surface area contributed by atoms with Crippen LogP contribution in [0.1, 0.15) is 54.9 Å². The van der Waals surface area contributed by atoms with Gasteiger partial charge in [0.2, 0.25) is 0 Å². The summed E-state index contributed by atoms with van der Waals surface area (Å²) in [7, 11) is 0. The van der Waals surface area contributed by atoms with Crippen LogP contribution in [0.25, 0.3) is 0 Å². The minimum atomic E-state index is -0.226. The molecule has 2 N–H and O–H groups in total. The lowest BCUT2D eigenvalue weighted by atomic mass is 10.1. The fourth-order valence-corrected chi connectivity index (χ4v) is 2.89. The van der Waals surface area contributed by atoms with Crippen LogP contribution in [-0.2, 0) is 0 Å². The van der Waals surface area contributed by atoms with Gasteiger partial charge in [-0.25, -0.2) is 0 Å². The molecule has 0 bridgehead atoms. The Labute approximate surface area is 167 Å². The van der Waals surface area contributed by atoms with E-state index < -0.39 is 0 Å². The highest BCUT2D eigenvalue weighted by atomic mass is 32.1. The van der Waals surface area contributed by atoms with Crippen LogP contribution in [0, 0.1) is 6.92 Å². The van der Waals surface area contributed by atoms with Gasteiger partial charge in [-0.15, -0.1) is 0 Å². The standard InChI is InChI=1S/C22H28N2O2S/c1-3-4-5-6-7-14-26-20-13-9-12-19(16-20)23-22(27)24-21(25)18-11-8-10-17(2)15-18/h8-13,15-16H,3-7,14H2,1-2H3,(H2,23,24,25,27). The molecular weight excluding hydrogens is 356 g/mol. The molecule has 0 heterocycles. The Morgan fingerprint density at radius 2 is 1.81 bits per heavy atom. The lowest BCUT2D eigenvalue weighted by Gasteiger charge is -2.12. The van der Waals surface area contributed by atoms with Crippen molar-refractivity contribution in [3.63, 3.8) is 0 Å². The van der Waals surface area contributed by atoms with E-state index in [0.717, 1.165) is 23.4 Å². The first-order chi connectivity index (χ1) is 13.1. The molecule has 0 spiro atoms. The first-order valence-electron chi connectivity index (χ1n) is 9.50. The number of unbranched alkanes of at least 4 members (excludes halogenated alkanes) is 4. The number of hydrogen-bond acceptors (Lipinski definition) is 3. The minimum absolute atomic E-state index is 0.226. The molecule has 1 amide bonds. The highest BCUT2D eigenvalue weighted by Gasteiger charge is 2.08. The van der Waals surface area contributed by atoms with Gasteiger partial charge in [-0.05, 0) is 49.8 Å². The molecule has 0 fully saturated rings. The van der Waals surface area contributed by atoms with Gasteiger partial charge < -0.3 is 10.1 Å². The third-order valence-electron chi connectivity index (χ3n) is 4.12. The van der Waals surface area contributed by atoms with Crippen LogP contribution in [0.5, 0.6) is 5.75 Å². The van der Waals surface area contributed by atoms with Crippen LogP contribution < -0.4 is 15.4 Å². The Morgan fingerprint density at radius 3 is 2.59 bits per heavy atom. The van der Waals surface area contributed by atoms with E-state index in [-0.39, 0.29) is 11.0 Å². The molecule has 0 unspecified atom stereocenters. The van der Waals surface area contributed by atoms with Gasteiger partial charge in [0, 0.05) is 17.3 Å². The highest BCUT2D eigenvalue weighted by Crippen LogP contribution is 2.18. The molecular formula is C22H28N2O2S. The highest BCUT2D eigenvalue weighted by molar-refractivity contribution is 7.80. The van der Waals surface area contributed by atoms with E-state index in [0.29, 0.717) is 12.2 Å². The number of amides is 1. The largest absolute Gasteiger partial charge is 0.494 e. The molecule has 4 nitrogen and oxygen atoms in total. The number of anilines is 1. The lowest BCUT2D eigenvalue weighted by molar-refractivity contribution is 0.0977. The first-order valence-corrected chi connectivity index (χ1v) is 9.91. The van der Waals surface area contributed by atoms with Crippen LogP contribution in [0.4, 0.5) is 5.69 Å². The van der Waals surface area contributed by atoms with Crippen molar-refractivity contribution < 1.29 is 9.53 Å². The Hall–Kier alpha value is -2.40. The van der Waals surface area contributed by atoms with E-state index in [1.807, 2.05) is 49.4 Å². The Balaban J connectivity index is 1.80. The summed E-state index contributed by atoms with van der Waals surface area (Å²) in [5.41, 5.74) is 2.40. The maximum atomic E-state index is 12.3. The zero-order valence-corrected chi connectivity index (χ0v) is 16.9. The van der Waals surface area contributed by atoms with Gasteiger partial charge in [-0.2, -0.15) is 0 Å². The van der Waals surface area contributed by atoms with Crippen molar-refractivity contribution in [3.05, 3.63) is 59.7 Å². The zero-order chi connectivity index (χ0) is 19.5. The van der Waals surface area contributed by atoms with Crippen molar-refractivity contribution in [2.75, 3.05) is 11.9 Å². The number of aryl methyl sites for hydroxylation is 1. The SMILES string of the molecule is CCCCCCCOc1cccc(NC(=S)NC(=O)c2cccc(C)c2)c1. The van der Waals surface area contributed by atoms with Gasteiger partial charge >= 0.3 is 0 Å². The average Bonchev–Trinajstić information content (AvgIpc) is 2.65. The number of benzene rings is 2. The van der Waals surface area contributed by atoms with E-state index >= 15 is 0 Å². The number of carbonyl (C=O) groups excluding carboxylic acids is 1. The first kappa shape index (κ1) is 20.9. The molecule has 0 saturated carbocycles.